The minimum atomic E-state index is -0.531. The van der Waals surface area contributed by atoms with Gasteiger partial charge in [0, 0.05) is 30.4 Å². The van der Waals surface area contributed by atoms with Gasteiger partial charge in [-0.3, -0.25) is 14.9 Å². The second-order valence-corrected chi connectivity index (χ2v) is 5.64. The van der Waals surface area contributed by atoms with Crippen LogP contribution in [0, 0.1) is 6.92 Å². The van der Waals surface area contributed by atoms with Gasteiger partial charge in [0.1, 0.15) is 5.82 Å². The Balaban J connectivity index is 3.15. The van der Waals surface area contributed by atoms with Gasteiger partial charge in [-0.1, -0.05) is 49.1 Å². The number of halogens is 1. The highest BCUT2D eigenvalue weighted by Crippen LogP contribution is 2.24. The maximum Gasteiger partial charge on any atom is 0.253 e. The Kier molecular flexibility index (Phi) is 8.23. The highest BCUT2D eigenvalue weighted by molar-refractivity contribution is 6.31. The fourth-order valence-electron chi connectivity index (χ4n) is 2.04. The van der Waals surface area contributed by atoms with E-state index in [1.807, 2.05) is 37.1 Å². The number of carbonyl (C=O) groups is 2. The lowest BCUT2D eigenvalue weighted by molar-refractivity contribution is -0.121. The standard InChI is InChI=1S/C19H22ClN3O2/c1-5-8-15(6-2)12-23(4)18(11-19(25)21-13-24)22-17-10-7-9-16(20)14(17)3/h5-11,13,22H,1-2,12H2,3-4H3,(H,21,24,25)/b15-8+,18-11-. The van der Waals surface area contributed by atoms with Gasteiger partial charge in [-0.2, -0.15) is 0 Å². The van der Waals surface area contributed by atoms with E-state index >= 15 is 0 Å². The van der Waals surface area contributed by atoms with E-state index in [1.54, 1.807) is 18.2 Å². The van der Waals surface area contributed by atoms with Gasteiger partial charge in [-0.25, -0.2) is 0 Å². The van der Waals surface area contributed by atoms with Crippen LogP contribution in [0.5, 0.6) is 0 Å². The van der Waals surface area contributed by atoms with Gasteiger partial charge in [0.15, 0.2) is 0 Å². The van der Waals surface area contributed by atoms with Crippen LogP contribution in [0.3, 0.4) is 0 Å². The van der Waals surface area contributed by atoms with E-state index in [4.69, 9.17) is 11.6 Å². The summed E-state index contributed by atoms with van der Waals surface area (Å²) in [6, 6.07) is 5.46. The molecule has 0 radical (unpaired) electrons. The largest absolute Gasteiger partial charge is 0.357 e. The number of likely N-dealkylation sites (N-methyl/N-ethyl adjacent to an activating group) is 1. The van der Waals surface area contributed by atoms with Crippen molar-refractivity contribution in [2.75, 3.05) is 18.9 Å². The molecule has 0 unspecified atom stereocenters. The lowest BCUT2D eigenvalue weighted by Crippen LogP contribution is -2.28. The van der Waals surface area contributed by atoms with Crippen molar-refractivity contribution in [3.05, 3.63) is 77.6 Å². The molecule has 0 aliphatic carbocycles. The number of rotatable bonds is 9. The Morgan fingerprint density at radius 1 is 1.36 bits per heavy atom. The lowest BCUT2D eigenvalue weighted by Gasteiger charge is -2.25. The van der Waals surface area contributed by atoms with Gasteiger partial charge < -0.3 is 10.2 Å². The average molecular weight is 360 g/mol. The SMILES string of the molecule is C=C/C=C(\C=C)CN(C)/C(=C\C(=O)NC=O)Nc1cccc(Cl)c1C. The fraction of sp³-hybridized carbons (Fsp3) is 0.158. The topological polar surface area (TPSA) is 61.4 Å². The molecule has 0 heterocycles. The number of anilines is 1. The zero-order valence-electron chi connectivity index (χ0n) is 14.4. The summed E-state index contributed by atoms with van der Waals surface area (Å²) in [6.45, 7) is 9.80. The van der Waals surface area contributed by atoms with Gasteiger partial charge >= 0.3 is 0 Å². The van der Waals surface area contributed by atoms with E-state index in [2.05, 4.69) is 23.8 Å². The molecule has 0 atom stereocenters. The van der Waals surface area contributed by atoms with Crippen molar-refractivity contribution in [3.63, 3.8) is 0 Å². The number of hydrogen-bond donors (Lipinski definition) is 2. The first-order chi connectivity index (χ1) is 11.9. The number of benzene rings is 1. The number of imide groups is 1. The number of allylic oxidation sites excluding steroid dienone is 2. The number of nitrogens with zero attached hydrogens (tertiary/aromatic N) is 1. The van der Waals surface area contributed by atoms with Crippen molar-refractivity contribution < 1.29 is 9.59 Å². The van der Waals surface area contributed by atoms with Crippen LogP contribution >= 0.6 is 11.6 Å². The summed E-state index contributed by atoms with van der Waals surface area (Å²) < 4.78 is 0. The molecule has 25 heavy (non-hydrogen) atoms. The monoisotopic (exact) mass is 359 g/mol. The second kappa shape index (κ2) is 10.2. The third kappa shape index (κ3) is 6.31. The van der Waals surface area contributed by atoms with E-state index in [-0.39, 0.29) is 0 Å². The van der Waals surface area contributed by atoms with Crippen LogP contribution in [0.2, 0.25) is 5.02 Å². The molecule has 0 spiro atoms. The zero-order valence-corrected chi connectivity index (χ0v) is 15.1. The van der Waals surface area contributed by atoms with E-state index in [9.17, 15) is 9.59 Å². The van der Waals surface area contributed by atoms with E-state index in [1.165, 1.54) is 6.08 Å². The minimum absolute atomic E-state index is 0.341. The first kappa shape index (κ1) is 20.3. The third-order valence-electron chi connectivity index (χ3n) is 3.42. The first-order valence-corrected chi connectivity index (χ1v) is 7.93. The molecule has 1 rings (SSSR count). The average Bonchev–Trinajstić information content (AvgIpc) is 2.57. The highest BCUT2D eigenvalue weighted by Gasteiger charge is 2.11. The summed E-state index contributed by atoms with van der Waals surface area (Å²) in [7, 11) is 1.81. The molecule has 0 fully saturated rings. The Hall–Kier alpha value is -2.79. The molecular weight excluding hydrogens is 338 g/mol. The predicted octanol–water partition coefficient (Wildman–Crippen LogP) is 3.40. The van der Waals surface area contributed by atoms with Crippen molar-refractivity contribution in [1.29, 1.82) is 0 Å². The third-order valence-corrected chi connectivity index (χ3v) is 3.83. The van der Waals surface area contributed by atoms with Crippen molar-refractivity contribution in [3.8, 4) is 0 Å². The molecule has 1 aromatic rings. The fourth-order valence-corrected chi connectivity index (χ4v) is 2.22. The molecule has 0 aliphatic rings. The molecule has 0 aliphatic heterocycles. The van der Waals surface area contributed by atoms with Gasteiger partial charge in [-0.05, 0) is 30.2 Å². The summed E-state index contributed by atoms with van der Waals surface area (Å²) in [5, 5.41) is 5.90. The molecular formula is C19H22ClN3O2. The van der Waals surface area contributed by atoms with Gasteiger partial charge in [0.2, 0.25) is 6.41 Å². The maximum atomic E-state index is 11.8. The van der Waals surface area contributed by atoms with Crippen molar-refractivity contribution >= 4 is 29.6 Å². The smallest absolute Gasteiger partial charge is 0.253 e. The molecule has 1 aromatic carbocycles. The van der Waals surface area contributed by atoms with E-state index in [0.29, 0.717) is 23.8 Å². The second-order valence-electron chi connectivity index (χ2n) is 5.23. The van der Waals surface area contributed by atoms with Crippen LogP contribution in [0.25, 0.3) is 0 Å². The molecule has 0 saturated carbocycles. The molecule has 2 amide bonds. The Morgan fingerprint density at radius 3 is 2.68 bits per heavy atom. The Labute approximate surface area is 153 Å². The van der Waals surface area contributed by atoms with Crippen LogP contribution in [-0.2, 0) is 9.59 Å². The highest BCUT2D eigenvalue weighted by atomic mass is 35.5. The zero-order chi connectivity index (χ0) is 18.8. The quantitative estimate of drug-likeness (QED) is 0.403. The maximum absolute atomic E-state index is 11.8. The molecule has 2 N–H and O–H groups in total. The number of amides is 2. The van der Waals surface area contributed by atoms with Crippen LogP contribution in [0.4, 0.5) is 5.69 Å². The molecule has 0 bridgehead atoms. The summed E-state index contributed by atoms with van der Waals surface area (Å²) in [6.07, 6.45) is 6.86. The van der Waals surface area contributed by atoms with Crippen LogP contribution in [0.1, 0.15) is 5.56 Å². The molecule has 6 heteroatoms. The van der Waals surface area contributed by atoms with Crippen molar-refractivity contribution in [2.45, 2.75) is 6.92 Å². The Morgan fingerprint density at radius 2 is 2.08 bits per heavy atom. The summed E-state index contributed by atoms with van der Waals surface area (Å²) >= 11 is 6.15. The molecule has 5 nitrogen and oxygen atoms in total. The number of hydrogen-bond acceptors (Lipinski definition) is 4. The van der Waals surface area contributed by atoms with E-state index < -0.39 is 5.91 Å². The molecule has 0 aromatic heterocycles. The molecule has 0 saturated heterocycles. The van der Waals surface area contributed by atoms with Crippen molar-refractivity contribution in [1.82, 2.24) is 10.2 Å². The lowest BCUT2D eigenvalue weighted by atomic mass is 10.2. The molecule has 132 valence electrons. The van der Waals surface area contributed by atoms with Gasteiger partial charge in [0.05, 0.1) is 0 Å². The van der Waals surface area contributed by atoms with Crippen LogP contribution < -0.4 is 10.6 Å². The summed E-state index contributed by atoms with van der Waals surface area (Å²) in [5.41, 5.74) is 2.53. The number of nitrogens with one attached hydrogen (secondary N) is 2. The normalized spacial score (nSPS) is 11.5. The van der Waals surface area contributed by atoms with Gasteiger partial charge in [0.25, 0.3) is 5.91 Å². The summed E-state index contributed by atoms with van der Waals surface area (Å²) in [4.78, 5) is 24.1. The van der Waals surface area contributed by atoms with Crippen LogP contribution in [0.15, 0.2) is 67.1 Å². The summed E-state index contributed by atoms with van der Waals surface area (Å²) in [5.74, 6) is -0.0292. The van der Waals surface area contributed by atoms with E-state index in [0.717, 1.165) is 16.8 Å². The van der Waals surface area contributed by atoms with Gasteiger partial charge in [-0.15, -0.1) is 0 Å². The minimum Gasteiger partial charge on any atom is -0.357 e. The van der Waals surface area contributed by atoms with Crippen LogP contribution in [-0.4, -0.2) is 30.8 Å². The Bertz CT molecular complexity index is 723. The van der Waals surface area contributed by atoms with Crippen molar-refractivity contribution in [2.24, 2.45) is 0 Å². The predicted molar refractivity (Wildman–Crippen MR) is 103 cm³/mol. The first-order valence-electron chi connectivity index (χ1n) is 7.56. The number of carbonyl (C=O) groups excluding carboxylic acids is 2.